The number of aromatic nitrogens is 2. The molecule has 4 rings (SSSR count). The van der Waals surface area contributed by atoms with E-state index >= 15 is 0 Å². The van der Waals surface area contributed by atoms with Gasteiger partial charge in [-0.25, -0.2) is 8.42 Å². The Morgan fingerprint density at radius 1 is 1.06 bits per heavy atom. The third kappa shape index (κ3) is 4.40. The van der Waals surface area contributed by atoms with Crippen molar-refractivity contribution in [1.82, 2.24) is 9.78 Å². The number of carbonyl (C=O) groups is 1. The fourth-order valence-electron chi connectivity index (χ4n) is 3.60. The van der Waals surface area contributed by atoms with Crippen molar-refractivity contribution in [3.63, 3.8) is 0 Å². The molecule has 32 heavy (non-hydrogen) atoms. The van der Waals surface area contributed by atoms with Crippen LogP contribution in [0.2, 0.25) is 5.02 Å². The van der Waals surface area contributed by atoms with E-state index in [9.17, 15) is 13.2 Å². The number of sulfone groups is 1. The molecule has 6 nitrogen and oxygen atoms in total. The molecule has 1 aromatic heterocycles. The number of amides is 1. The predicted octanol–water partition coefficient (Wildman–Crippen LogP) is 4.87. The first kappa shape index (κ1) is 22.0. The molecule has 0 fully saturated rings. The highest BCUT2D eigenvalue weighted by atomic mass is 35.5. The maximum absolute atomic E-state index is 12.5. The van der Waals surface area contributed by atoms with Gasteiger partial charge in [-0.1, -0.05) is 48.9 Å². The van der Waals surface area contributed by atoms with E-state index < -0.39 is 9.84 Å². The zero-order valence-electron chi connectivity index (χ0n) is 17.7. The molecule has 0 saturated heterocycles. The van der Waals surface area contributed by atoms with Crippen molar-refractivity contribution in [3.05, 3.63) is 77.4 Å². The Balaban J connectivity index is 1.49. The van der Waals surface area contributed by atoms with Crippen molar-refractivity contribution in [2.75, 3.05) is 11.1 Å². The first-order valence-electron chi connectivity index (χ1n) is 10.1. The third-order valence-corrected chi connectivity index (χ3v) is 7.43. The Hall–Kier alpha value is -3.16. The largest absolute Gasteiger partial charge is 0.326 e. The molecule has 164 valence electrons. The van der Waals surface area contributed by atoms with Crippen molar-refractivity contribution < 1.29 is 13.2 Å². The van der Waals surface area contributed by atoms with Crippen molar-refractivity contribution in [2.24, 2.45) is 7.05 Å². The summed E-state index contributed by atoms with van der Waals surface area (Å²) in [5.41, 5.74) is 4.15. The van der Waals surface area contributed by atoms with Gasteiger partial charge in [-0.15, -0.1) is 0 Å². The Labute approximate surface area is 191 Å². The Bertz CT molecular complexity index is 1410. The lowest BCUT2D eigenvalue weighted by Gasteiger charge is -2.10. The van der Waals surface area contributed by atoms with Gasteiger partial charge in [0.1, 0.15) is 0 Å². The normalized spacial score (nSPS) is 11.6. The van der Waals surface area contributed by atoms with E-state index in [1.807, 2.05) is 48.3 Å². The lowest BCUT2D eigenvalue weighted by molar-refractivity contribution is -0.115. The quantitative estimate of drug-likeness (QED) is 0.438. The van der Waals surface area contributed by atoms with Crippen molar-refractivity contribution in [2.45, 2.75) is 18.2 Å². The van der Waals surface area contributed by atoms with Crippen molar-refractivity contribution >= 4 is 43.9 Å². The van der Waals surface area contributed by atoms with Gasteiger partial charge in [0.15, 0.2) is 9.84 Å². The van der Waals surface area contributed by atoms with Crippen LogP contribution in [0, 0.1) is 0 Å². The Morgan fingerprint density at radius 2 is 1.81 bits per heavy atom. The zero-order valence-corrected chi connectivity index (χ0v) is 19.2. The number of rotatable bonds is 6. The molecule has 0 aliphatic heterocycles. The van der Waals surface area contributed by atoms with E-state index in [0.29, 0.717) is 10.7 Å². The number of hydrogen-bond donors (Lipinski definition) is 1. The Morgan fingerprint density at radius 3 is 2.50 bits per heavy atom. The van der Waals surface area contributed by atoms with Crippen LogP contribution in [0.3, 0.4) is 0 Å². The number of nitrogens with zero attached hydrogens (tertiary/aromatic N) is 2. The summed E-state index contributed by atoms with van der Waals surface area (Å²) in [6, 6.07) is 17.8. The van der Waals surface area contributed by atoms with Gasteiger partial charge in [-0.2, -0.15) is 5.10 Å². The Kier molecular flexibility index (Phi) is 6.04. The molecule has 0 bridgehead atoms. The smallest absolute Gasteiger partial charge is 0.228 e. The van der Waals surface area contributed by atoms with Crippen LogP contribution in [0.15, 0.2) is 71.8 Å². The summed E-state index contributed by atoms with van der Waals surface area (Å²) in [5, 5.41) is 8.69. The van der Waals surface area contributed by atoms with Gasteiger partial charge >= 0.3 is 0 Å². The number of aryl methyl sites for hydroxylation is 1. The van der Waals surface area contributed by atoms with Crippen LogP contribution in [-0.4, -0.2) is 29.9 Å². The van der Waals surface area contributed by atoms with Crippen LogP contribution in [0.4, 0.5) is 5.69 Å². The fraction of sp³-hybridized carbons (Fsp3) is 0.167. The average molecular weight is 468 g/mol. The van der Waals surface area contributed by atoms with Crippen molar-refractivity contribution in [1.29, 1.82) is 0 Å². The minimum Gasteiger partial charge on any atom is -0.326 e. The third-order valence-electron chi connectivity index (χ3n) is 5.36. The second kappa shape index (κ2) is 8.76. The molecule has 1 heterocycles. The highest BCUT2D eigenvalue weighted by Gasteiger charge is 2.13. The number of nitrogens with one attached hydrogen (secondary N) is 1. The first-order chi connectivity index (χ1) is 15.3. The van der Waals surface area contributed by atoms with Gasteiger partial charge in [-0.05, 0) is 41.5 Å². The van der Waals surface area contributed by atoms with Gasteiger partial charge in [0.2, 0.25) is 5.91 Å². The average Bonchev–Trinajstić information content (AvgIpc) is 3.15. The zero-order chi connectivity index (χ0) is 22.9. The monoisotopic (exact) mass is 467 g/mol. The summed E-state index contributed by atoms with van der Waals surface area (Å²) in [4.78, 5) is 12.7. The summed E-state index contributed by atoms with van der Waals surface area (Å²) in [7, 11) is -1.37. The molecule has 0 aliphatic rings. The summed E-state index contributed by atoms with van der Waals surface area (Å²) in [6.07, 6.45) is 1.94. The topological polar surface area (TPSA) is 81.1 Å². The number of halogens is 1. The number of hydrogen-bond acceptors (Lipinski definition) is 4. The SMILES string of the molecule is CCS(=O)(=O)c1ccc(CC(=O)Nc2ccc(-c3cccc4c3cnn4C)c(Cl)c2)cc1. The molecule has 0 saturated carbocycles. The molecule has 0 radical (unpaired) electrons. The molecule has 0 spiro atoms. The van der Waals surface area contributed by atoms with E-state index in [-0.39, 0.29) is 23.0 Å². The van der Waals surface area contributed by atoms with Gasteiger partial charge in [0.25, 0.3) is 0 Å². The molecule has 0 unspecified atom stereocenters. The molecular formula is C24H22ClN3O3S. The number of fused-ring (bicyclic) bond motifs is 1. The molecule has 8 heteroatoms. The highest BCUT2D eigenvalue weighted by molar-refractivity contribution is 7.91. The number of anilines is 1. The highest BCUT2D eigenvalue weighted by Crippen LogP contribution is 2.34. The van der Waals surface area contributed by atoms with Crippen LogP contribution >= 0.6 is 11.6 Å². The summed E-state index contributed by atoms with van der Waals surface area (Å²) < 4.78 is 25.6. The summed E-state index contributed by atoms with van der Waals surface area (Å²) >= 11 is 6.55. The molecule has 1 N–H and O–H groups in total. The summed E-state index contributed by atoms with van der Waals surface area (Å²) in [6.45, 7) is 1.60. The van der Waals surface area contributed by atoms with Gasteiger partial charge in [0, 0.05) is 23.7 Å². The van der Waals surface area contributed by atoms with E-state index in [2.05, 4.69) is 10.4 Å². The van der Waals surface area contributed by atoms with Gasteiger partial charge < -0.3 is 5.32 Å². The molecule has 0 atom stereocenters. The second-order valence-corrected chi connectivity index (χ2v) is 10.2. The maximum Gasteiger partial charge on any atom is 0.228 e. The summed E-state index contributed by atoms with van der Waals surface area (Å²) in [5.74, 6) is -0.173. The van der Waals surface area contributed by atoms with Crippen LogP contribution in [0.1, 0.15) is 12.5 Å². The van der Waals surface area contributed by atoms with Crippen LogP contribution in [-0.2, 0) is 28.1 Å². The molecule has 3 aromatic carbocycles. The van der Waals surface area contributed by atoms with Gasteiger partial charge in [-0.3, -0.25) is 9.48 Å². The molecule has 0 aliphatic carbocycles. The van der Waals surface area contributed by atoms with Gasteiger partial charge in [0.05, 0.1) is 33.8 Å². The fourth-order valence-corrected chi connectivity index (χ4v) is 4.76. The van der Waals surface area contributed by atoms with E-state index in [4.69, 9.17) is 11.6 Å². The predicted molar refractivity (Wildman–Crippen MR) is 128 cm³/mol. The molecule has 1 amide bonds. The van der Waals surface area contributed by atoms with E-state index in [1.54, 1.807) is 25.1 Å². The van der Waals surface area contributed by atoms with E-state index in [1.165, 1.54) is 12.1 Å². The number of benzene rings is 3. The first-order valence-corrected chi connectivity index (χ1v) is 12.1. The maximum atomic E-state index is 12.5. The van der Waals surface area contributed by atoms with E-state index in [0.717, 1.165) is 27.6 Å². The standard InChI is InChI=1S/C24H22ClN3O3S/c1-3-32(30,31)18-10-7-16(8-11-18)13-24(29)27-17-9-12-20(22(25)14-17)19-5-4-6-23-21(19)15-26-28(23)2/h4-12,14-15H,3,13H2,1-2H3,(H,27,29). The van der Waals surface area contributed by atoms with Crippen LogP contribution in [0.5, 0.6) is 0 Å². The lowest BCUT2D eigenvalue weighted by Crippen LogP contribution is -2.14. The minimum absolute atomic E-state index is 0.0406. The lowest BCUT2D eigenvalue weighted by atomic mass is 10.0. The molecule has 4 aromatic rings. The van der Waals surface area contributed by atoms with Crippen molar-refractivity contribution in [3.8, 4) is 11.1 Å². The second-order valence-electron chi connectivity index (χ2n) is 7.47. The number of carbonyl (C=O) groups excluding carboxylic acids is 1. The minimum atomic E-state index is -3.26. The van der Waals surface area contributed by atoms with Crippen LogP contribution < -0.4 is 5.32 Å². The molecular weight excluding hydrogens is 446 g/mol. The van der Waals surface area contributed by atoms with Crippen LogP contribution in [0.25, 0.3) is 22.0 Å².